The lowest BCUT2D eigenvalue weighted by Crippen LogP contribution is -2.17. The number of allylic oxidation sites excluding steroid dienone is 1. The Bertz CT molecular complexity index is 1060. The number of hydrogen-bond acceptors (Lipinski definition) is 6. The number of thioether (sulfide) groups is 1. The third-order valence-electron chi connectivity index (χ3n) is 4.95. The van der Waals surface area contributed by atoms with Crippen LogP contribution in [0.25, 0.3) is 11.3 Å². The number of aromatic nitrogens is 2. The van der Waals surface area contributed by atoms with Gasteiger partial charge in [0.15, 0.2) is 5.78 Å². The lowest BCUT2D eigenvalue weighted by Gasteiger charge is -2.17. The Morgan fingerprint density at radius 2 is 1.82 bits per heavy atom. The molecule has 0 saturated heterocycles. The molecule has 0 amide bonds. The van der Waals surface area contributed by atoms with Gasteiger partial charge in [-0.3, -0.25) is 4.79 Å². The molecule has 0 fully saturated rings. The zero-order chi connectivity index (χ0) is 29.1. The third-order valence-corrected chi connectivity index (χ3v) is 5.85. The summed E-state index contributed by atoms with van der Waals surface area (Å²) in [6.07, 6.45) is 2.13. The van der Waals surface area contributed by atoms with Crippen LogP contribution in [0.2, 0.25) is 0 Å². The third kappa shape index (κ3) is 13.6. The van der Waals surface area contributed by atoms with Crippen LogP contribution >= 0.6 is 11.8 Å². The Kier molecular flexibility index (Phi) is 17.8. The minimum atomic E-state index is -4.71. The summed E-state index contributed by atoms with van der Waals surface area (Å²) in [6.45, 7) is 13.3. The summed E-state index contributed by atoms with van der Waals surface area (Å²) in [6, 6.07) is 5.79. The Balaban J connectivity index is 0.00000132. The van der Waals surface area contributed by atoms with E-state index in [4.69, 9.17) is 15.1 Å². The van der Waals surface area contributed by atoms with E-state index in [0.717, 1.165) is 47.7 Å². The lowest BCUT2D eigenvalue weighted by molar-refractivity contribution is -0.274. The van der Waals surface area contributed by atoms with E-state index in [2.05, 4.69) is 29.8 Å². The zero-order valence-corrected chi connectivity index (χ0v) is 24.1. The van der Waals surface area contributed by atoms with Crippen molar-refractivity contribution in [3.8, 4) is 28.2 Å². The van der Waals surface area contributed by atoms with Gasteiger partial charge in [0.25, 0.3) is 0 Å². The summed E-state index contributed by atoms with van der Waals surface area (Å²) in [7, 11) is 0. The fourth-order valence-corrected chi connectivity index (χ4v) is 3.76. The highest BCUT2D eigenvalue weighted by Crippen LogP contribution is 2.33. The number of unbranched alkanes of at least 4 members (excludes halogenated alkanes) is 1. The lowest BCUT2D eigenvalue weighted by atomic mass is 9.97. The molecule has 0 aliphatic heterocycles. The van der Waals surface area contributed by atoms with Gasteiger partial charge in [-0.25, -0.2) is 9.97 Å². The number of nitrogens with zero attached hydrogens (tertiary/aromatic N) is 2. The number of carbonyl (C=O) groups excluding carboxylic acids is 1. The first kappa shape index (κ1) is 35.2. The number of rotatable bonds is 10. The highest BCUT2D eigenvalue weighted by atomic mass is 32.2. The molecule has 0 radical (unpaired) electrons. The number of ketones is 1. The van der Waals surface area contributed by atoms with Crippen LogP contribution in [-0.4, -0.2) is 33.8 Å². The van der Waals surface area contributed by atoms with Crippen molar-refractivity contribution in [2.75, 3.05) is 6.61 Å². The molecular formula is C29H39F3N2O3S. The van der Waals surface area contributed by atoms with Crippen molar-refractivity contribution in [2.24, 2.45) is 0 Å². The molecule has 5 nitrogen and oxygen atoms in total. The van der Waals surface area contributed by atoms with Gasteiger partial charge in [-0.15, -0.1) is 13.2 Å². The smallest absolute Gasteiger partial charge is 0.406 e. The van der Waals surface area contributed by atoms with Crippen LogP contribution in [0.15, 0.2) is 41.4 Å². The molecule has 1 heterocycles. The summed E-state index contributed by atoms with van der Waals surface area (Å²) in [5, 5.41) is 11.8. The van der Waals surface area contributed by atoms with Crippen molar-refractivity contribution < 1.29 is 27.8 Å². The van der Waals surface area contributed by atoms with Gasteiger partial charge in [0, 0.05) is 17.0 Å². The summed E-state index contributed by atoms with van der Waals surface area (Å²) >= 11 is 1.35. The number of aliphatic hydroxyl groups excluding tert-OH is 1. The average molecular weight is 553 g/mol. The predicted octanol–water partition coefficient (Wildman–Crippen LogP) is 8.26. The van der Waals surface area contributed by atoms with E-state index >= 15 is 0 Å². The summed E-state index contributed by atoms with van der Waals surface area (Å²) in [5.41, 5.74) is 2.29. The van der Waals surface area contributed by atoms with Crippen molar-refractivity contribution in [3.05, 3.63) is 47.8 Å². The van der Waals surface area contributed by atoms with Crippen LogP contribution in [0.5, 0.6) is 5.75 Å². The second kappa shape index (κ2) is 19.3. The molecule has 1 atom stereocenters. The number of aliphatic hydroxyl groups is 1. The first-order valence-corrected chi connectivity index (χ1v) is 13.5. The van der Waals surface area contributed by atoms with Crippen molar-refractivity contribution in [2.45, 2.75) is 91.5 Å². The van der Waals surface area contributed by atoms with Crippen molar-refractivity contribution >= 4 is 17.5 Å². The molecule has 9 heteroatoms. The maximum atomic E-state index is 12.4. The van der Waals surface area contributed by atoms with Crippen LogP contribution in [0.4, 0.5) is 13.2 Å². The molecular weight excluding hydrogens is 513 g/mol. The monoisotopic (exact) mass is 552 g/mol. The quantitative estimate of drug-likeness (QED) is 0.138. The Morgan fingerprint density at radius 1 is 1.18 bits per heavy atom. The highest BCUT2D eigenvalue weighted by molar-refractivity contribution is 8.03. The Morgan fingerprint density at radius 3 is 2.26 bits per heavy atom. The van der Waals surface area contributed by atoms with Crippen molar-refractivity contribution in [1.82, 2.24) is 9.97 Å². The van der Waals surface area contributed by atoms with E-state index in [0.29, 0.717) is 5.69 Å². The fourth-order valence-electron chi connectivity index (χ4n) is 3.17. The summed E-state index contributed by atoms with van der Waals surface area (Å²) in [4.78, 5) is 19.6. The second-order valence-electron chi connectivity index (χ2n) is 7.83. The van der Waals surface area contributed by atoms with E-state index in [1.54, 1.807) is 19.1 Å². The Labute approximate surface area is 229 Å². The van der Waals surface area contributed by atoms with Gasteiger partial charge >= 0.3 is 6.36 Å². The molecule has 2 rings (SSSR count). The number of halogens is 3. The van der Waals surface area contributed by atoms with Crippen LogP contribution in [0.1, 0.15) is 84.5 Å². The first-order chi connectivity index (χ1) is 18.1. The van der Waals surface area contributed by atoms with Gasteiger partial charge in [-0.05, 0) is 81.0 Å². The van der Waals surface area contributed by atoms with E-state index in [9.17, 15) is 18.0 Å². The number of benzene rings is 1. The number of carbonyl (C=O) groups is 1. The first-order valence-electron chi connectivity index (χ1n) is 12.7. The number of ether oxygens (including phenoxy) is 1. The number of hydrogen-bond donors (Lipinski definition) is 1. The fraction of sp³-hybridized carbons (Fsp3) is 0.483. The van der Waals surface area contributed by atoms with E-state index < -0.39 is 6.36 Å². The van der Waals surface area contributed by atoms with Gasteiger partial charge in [0.1, 0.15) is 16.6 Å². The molecule has 38 heavy (non-hydrogen) atoms. The molecule has 1 aromatic heterocycles. The molecule has 0 aliphatic rings. The average Bonchev–Trinajstić information content (AvgIpc) is 2.89. The van der Waals surface area contributed by atoms with Gasteiger partial charge in [0.05, 0.1) is 12.3 Å². The molecule has 0 bridgehead atoms. The Hall–Kier alpha value is -2.83. The zero-order valence-electron chi connectivity index (χ0n) is 23.3. The van der Waals surface area contributed by atoms with Gasteiger partial charge < -0.3 is 9.84 Å². The maximum Gasteiger partial charge on any atom is 0.573 e. The molecule has 0 saturated carbocycles. The largest absolute Gasteiger partial charge is 0.573 e. The minimum Gasteiger partial charge on any atom is -0.406 e. The highest BCUT2D eigenvalue weighted by Gasteiger charge is 2.31. The second-order valence-corrected chi connectivity index (χ2v) is 8.62. The predicted molar refractivity (Wildman–Crippen MR) is 149 cm³/mol. The SMILES string of the molecule is CC.CC#CSc1nc(C(CC)CCCC)nc(-c2ccc(OC(F)(F)F)cc2)c1C.CC(=O)/C=C/CO. The summed E-state index contributed by atoms with van der Waals surface area (Å²) < 4.78 is 41.2. The van der Waals surface area contributed by atoms with E-state index in [1.165, 1.54) is 43.0 Å². The van der Waals surface area contributed by atoms with Crippen LogP contribution in [0, 0.1) is 18.1 Å². The maximum absolute atomic E-state index is 12.4. The van der Waals surface area contributed by atoms with Gasteiger partial charge in [-0.2, -0.15) is 0 Å². The van der Waals surface area contributed by atoms with Gasteiger partial charge in [0.2, 0.25) is 0 Å². The molecule has 1 aromatic carbocycles. The number of alkyl halides is 3. The van der Waals surface area contributed by atoms with Crippen LogP contribution in [-0.2, 0) is 4.79 Å². The molecule has 0 spiro atoms. The van der Waals surface area contributed by atoms with Crippen molar-refractivity contribution in [3.63, 3.8) is 0 Å². The molecule has 2 aromatic rings. The normalized spacial score (nSPS) is 11.3. The molecule has 210 valence electrons. The van der Waals surface area contributed by atoms with E-state index in [1.807, 2.05) is 20.8 Å². The minimum absolute atomic E-state index is 0.0333. The van der Waals surface area contributed by atoms with Crippen molar-refractivity contribution in [1.29, 1.82) is 0 Å². The topological polar surface area (TPSA) is 72.3 Å². The summed E-state index contributed by atoms with van der Waals surface area (Å²) in [5.74, 6) is 3.56. The molecule has 1 N–H and O–H groups in total. The standard InChI is InChI=1S/C22H25F3N2OS.C5H8O2.C2H6/c1-5-8-9-16(7-3)20-26-19(15(4)21(27-20)29-14-6-2)17-10-12-18(13-11-17)28-22(23,24)25;1-5(7)3-2-4-6;1-2/h10-13,16H,5,7-9H2,1-4H3;2-3,6H,4H2,1H3;1-2H3/b;3-2+;. The molecule has 1 unspecified atom stereocenters. The van der Waals surface area contributed by atoms with E-state index in [-0.39, 0.29) is 24.1 Å². The van der Waals surface area contributed by atoms with Gasteiger partial charge in [-0.1, -0.05) is 52.5 Å². The van der Waals surface area contributed by atoms with Crippen LogP contribution in [0.3, 0.4) is 0 Å². The van der Waals surface area contributed by atoms with Crippen LogP contribution < -0.4 is 4.74 Å². The molecule has 0 aliphatic carbocycles.